The van der Waals surface area contributed by atoms with Crippen LogP contribution in [0.15, 0.2) is 24.4 Å². The first kappa shape index (κ1) is 15.7. The van der Waals surface area contributed by atoms with Gasteiger partial charge in [-0.15, -0.1) is 0 Å². The Morgan fingerprint density at radius 3 is 2.83 bits per heavy atom. The van der Waals surface area contributed by atoms with E-state index in [1.54, 1.807) is 6.20 Å². The van der Waals surface area contributed by atoms with Crippen LogP contribution in [0.4, 0.5) is 0 Å². The quantitative estimate of drug-likeness (QED) is 0.922. The molecule has 0 radical (unpaired) electrons. The van der Waals surface area contributed by atoms with Gasteiger partial charge < -0.3 is 5.32 Å². The Bertz CT molecular complexity index is 714. The third kappa shape index (κ3) is 3.78. The molecule has 1 aromatic heterocycles. The lowest BCUT2D eigenvalue weighted by Crippen LogP contribution is -2.32. The average molecular weight is 313 g/mol. The summed E-state index contributed by atoms with van der Waals surface area (Å²) < 4.78 is 1.45. The van der Waals surface area contributed by atoms with E-state index in [0.717, 1.165) is 29.3 Å². The van der Waals surface area contributed by atoms with Gasteiger partial charge in [0, 0.05) is 24.3 Å². The summed E-state index contributed by atoms with van der Waals surface area (Å²) in [5, 5.41) is 8.20. The van der Waals surface area contributed by atoms with Gasteiger partial charge in [0.2, 0.25) is 11.8 Å². The summed E-state index contributed by atoms with van der Waals surface area (Å²) in [4.78, 5) is 24.2. The lowest BCUT2D eigenvalue weighted by Gasteiger charge is -2.11. The molecule has 0 saturated heterocycles. The van der Waals surface area contributed by atoms with E-state index in [0.29, 0.717) is 25.3 Å². The van der Waals surface area contributed by atoms with Crippen LogP contribution < -0.4 is 5.32 Å². The fourth-order valence-corrected chi connectivity index (χ4v) is 3.23. The topological polar surface area (TPSA) is 64.0 Å². The van der Waals surface area contributed by atoms with Gasteiger partial charge in [-0.25, -0.2) is 4.68 Å². The Balaban J connectivity index is 1.51. The van der Waals surface area contributed by atoms with E-state index in [9.17, 15) is 9.59 Å². The number of hydrogen-bond donors (Lipinski definition) is 1. The molecule has 5 heteroatoms. The molecule has 1 saturated carbocycles. The first-order valence-electron chi connectivity index (χ1n) is 8.40. The molecule has 1 aromatic carbocycles. The molecule has 2 aromatic rings. The Labute approximate surface area is 136 Å². The maximum absolute atomic E-state index is 12.3. The van der Waals surface area contributed by atoms with E-state index in [2.05, 4.69) is 10.4 Å². The summed E-state index contributed by atoms with van der Waals surface area (Å²) in [6.45, 7) is 2.02. The van der Waals surface area contributed by atoms with Crippen LogP contribution in [0.2, 0.25) is 0 Å². The largest absolute Gasteiger partial charge is 0.353 e. The van der Waals surface area contributed by atoms with E-state index in [1.165, 1.54) is 17.5 Å². The fourth-order valence-electron chi connectivity index (χ4n) is 3.23. The van der Waals surface area contributed by atoms with Gasteiger partial charge in [-0.3, -0.25) is 9.59 Å². The van der Waals surface area contributed by atoms with Crippen LogP contribution in [0.1, 0.15) is 55.3 Å². The van der Waals surface area contributed by atoms with Crippen LogP contribution in [0.5, 0.6) is 0 Å². The van der Waals surface area contributed by atoms with Gasteiger partial charge in [0.1, 0.15) is 0 Å². The summed E-state index contributed by atoms with van der Waals surface area (Å²) in [6, 6.07) is 6.25. The Kier molecular flexibility index (Phi) is 4.74. The molecule has 1 amide bonds. The minimum Gasteiger partial charge on any atom is -0.353 e. The Hall–Kier alpha value is -2.17. The molecule has 0 bridgehead atoms. The minimum absolute atomic E-state index is 0.0579. The number of aromatic nitrogens is 2. The number of hydrogen-bond acceptors (Lipinski definition) is 3. The molecule has 1 heterocycles. The lowest BCUT2D eigenvalue weighted by molar-refractivity contribution is -0.121. The molecule has 122 valence electrons. The van der Waals surface area contributed by atoms with Crippen molar-refractivity contribution in [2.45, 2.75) is 57.9 Å². The second-order valence-corrected chi connectivity index (χ2v) is 6.41. The molecular formula is C18H23N3O2. The Morgan fingerprint density at radius 2 is 2.04 bits per heavy atom. The highest BCUT2D eigenvalue weighted by molar-refractivity contribution is 5.91. The zero-order chi connectivity index (χ0) is 16.2. The number of nitrogens with zero attached hydrogens (tertiary/aromatic N) is 2. The molecule has 1 N–H and O–H groups in total. The monoisotopic (exact) mass is 313 g/mol. The fraction of sp³-hybridized carbons (Fsp3) is 0.500. The van der Waals surface area contributed by atoms with Gasteiger partial charge in [0.15, 0.2) is 0 Å². The van der Waals surface area contributed by atoms with Crippen molar-refractivity contribution in [2.24, 2.45) is 0 Å². The number of rotatable bonds is 5. The summed E-state index contributed by atoms with van der Waals surface area (Å²) in [5.41, 5.74) is 1.98. The van der Waals surface area contributed by atoms with Crippen LogP contribution in [-0.4, -0.2) is 27.6 Å². The van der Waals surface area contributed by atoms with E-state index in [-0.39, 0.29) is 11.8 Å². The summed E-state index contributed by atoms with van der Waals surface area (Å²) in [6.07, 6.45) is 7.60. The SMILES string of the molecule is Cc1ccc2c(cnn2C(=O)CCCC(=O)NC2CCCC2)c1. The van der Waals surface area contributed by atoms with Gasteiger partial charge >= 0.3 is 0 Å². The van der Waals surface area contributed by atoms with Crippen molar-refractivity contribution in [1.29, 1.82) is 0 Å². The van der Waals surface area contributed by atoms with E-state index >= 15 is 0 Å². The molecule has 1 fully saturated rings. The van der Waals surface area contributed by atoms with Crippen LogP contribution in [-0.2, 0) is 4.79 Å². The second kappa shape index (κ2) is 6.94. The van der Waals surface area contributed by atoms with Crippen molar-refractivity contribution in [2.75, 3.05) is 0 Å². The normalized spacial score (nSPS) is 15.2. The van der Waals surface area contributed by atoms with Crippen LogP contribution in [0.25, 0.3) is 10.9 Å². The average Bonchev–Trinajstić information content (AvgIpc) is 3.15. The van der Waals surface area contributed by atoms with Crippen LogP contribution in [0.3, 0.4) is 0 Å². The van der Waals surface area contributed by atoms with Crippen molar-refractivity contribution in [3.05, 3.63) is 30.0 Å². The third-order valence-electron chi connectivity index (χ3n) is 4.47. The zero-order valence-corrected chi connectivity index (χ0v) is 13.5. The van der Waals surface area contributed by atoms with E-state index in [4.69, 9.17) is 0 Å². The molecule has 1 aliphatic carbocycles. The first-order valence-corrected chi connectivity index (χ1v) is 8.40. The van der Waals surface area contributed by atoms with Crippen LogP contribution in [0, 0.1) is 6.92 Å². The molecule has 3 rings (SSSR count). The van der Waals surface area contributed by atoms with E-state index in [1.807, 2.05) is 25.1 Å². The molecule has 0 spiro atoms. The number of carbonyl (C=O) groups is 2. The summed E-state index contributed by atoms with van der Waals surface area (Å²) >= 11 is 0. The molecule has 0 unspecified atom stereocenters. The van der Waals surface area contributed by atoms with Gasteiger partial charge in [-0.1, -0.05) is 24.5 Å². The van der Waals surface area contributed by atoms with Gasteiger partial charge in [0.25, 0.3) is 0 Å². The maximum atomic E-state index is 12.3. The lowest BCUT2D eigenvalue weighted by atomic mass is 10.2. The maximum Gasteiger partial charge on any atom is 0.247 e. The Morgan fingerprint density at radius 1 is 1.26 bits per heavy atom. The minimum atomic E-state index is -0.0579. The number of aryl methyl sites for hydroxylation is 1. The third-order valence-corrected chi connectivity index (χ3v) is 4.47. The summed E-state index contributed by atoms with van der Waals surface area (Å²) in [5.74, 6) is 0.00293. The van der Waals surface area contributed by atoms with Gasteiger partial charge in [-0.05, 0) is 38.3 Å². The van der Waals surface area contributed by atoms with E-state index < -0.39 is 0 Å². The number of fused-ring (bicyclic) bond motifs is 1. The van der Waals surface area contributed by atoms with Gasteiger partial charge in [-0.2, -0.15) is 5.10 Å². The van der Waals surface area contributed by atoms with Crippen molar-refractivity contribution >= 4 is 22.7 Å². The molecule has 23 heavy (non-hydrogen) atoms. The molecule has 0 atom stereocenters. The number of amides is 1. The molecular weight excluding hydrogens is 290 g/mol. The van der Waals surface area contributed by atoms with Crippen molar-refractivity contribution in [1.82, 2.24) is 15.1 Å². The second-order valence-electron chi connectivity index (χ2n) is 6.41. The zero-order valence-electron chi connectivity index (χ0n) is 13.5. The van der Waals surface area contributed by atoms with Gasteiger partial charge in [0.05, 0.1) is 11.7 Å². The van der Waals surface area contributed by atoms with Crippen LogP contribution >= 0.6 is 0 Å². The van der Waals surface area contributed by atoms with Crippen molar-refractivity contribution < 1.29 is 9.59 Å². The number of carbonyl (C=O) groups excluding carboxylic acids is 2. The molecule has 1 aliphatic rings. The highest BCUT2D eigenvalue weighted by Crippen LogP contribution is 2.18. The molecule has 5 nitrogen and oxygen atoms in total. The highest BCUT2D eigenvalue weighted by Gasteiger charge is 2.17. The summed E-state index contributed by atoms with van der Waals surface area (Å²) in [7, 11) is 0. The van der Waals surface area contributed by atoms with Crippen molar-refractivity contribution in [3.63, 3.8) is 0 Å². The highest BCUT2D eigenvalue weighted by atomic mass is 16.2. The van der Waals surface area contributed by atoms with Crippen molar-refractivity contribution in [3.8, 4) is 0 Å². The predicted octanol–water partition coefficient (Wildman–Crippen LogP) is 3.21. The number of benzene rings is 1. The molecule has 0 aliphatic heterocycles. The predicted molar refractivity (Wildman–Crippen MR) is 89.3 cm³/mol. The first-order chi connectivity index (χ1) is 11.1. The standard InChI is InChI=1S/C18H23N3O2/c1-13-9-10-16-14(11-13)12-19-21(16)18(23)8-4-7-17(22)20-15-5-2-3-6-15/h9-12,15H,2-8H2,1H3,(H,20,22). The number of nitrogens with one attached hydrogen (secondary N) is 1. The smallest absolute Gasteiger partial charge is 0.247 e.